The summed E-state index contributed by atoms with van der Waals surface area (Å²) in [6.45, 7) is 0. The smallest absolute Gasteiger partial charge is 0.189 e. The quantitative estimate of drug-likeness (QED) is 0.834. The fourth-order valence-corrected chi connectivity index (χ4v) is 2.79. The molecule has 0 heterocycles. The standard InChI is InChI=1S/C12H14F2O2S/c13-9-4-6-12(7-5-9)17(15)16-11-3-1-2-10(14)8-11/h4-7,10-11H,1-3,8H2. The van der Waals surface area contributed by atoms with Gasteiger partial charge in [-0.05, 0) is 43.5 Å². The van der Waals surface area contributed by atoms with Crippen molar-refractivity contribution in [3.05, 3.63) is 30.1 Å². The van der Waals surface area contributed by atoms with Crippen LogP contribution in [0.2, 0.25) is 0 Å². The maximum Gasteiger partial charge on any atom is 0.189 e. The Morgan fingerprint density at radius 3 is 2.59 bits per heavy atom. The summed E-state index contributed by atoms with van der Waals surface area (Å²) < 4.78 is 42.9. The van der Waals surface area contributed by atoms with Crippen molar-refractivity contribution in [2.75, 3.05) is 0 Å². The highest BCUT2D eigenvalue weighted by molar-refractivity contribution is 7.80. The minimum Gasteiger partial charge on any atom is -0.283 e. The lowest BCUT2D eigenvalue weighted by molar-refractivity contribution is 0.115. The van der Waals surface area contributed by atoms with Crippen LogP contribution in [-0.2, 0) is 15.3 Å². The van der Waals surface area contributed by atoms with E-state index in [1.165, 1.54) is 24.3 Å². The number of hydrogen-bond donors (Lipinski definition) is 0. The topological polar surface area (TPSA) is 26.3 Å². The molecule has 3 atom stereocenters. The summed E-state index contributed by atoms with van der Waals surface area (Å²) in [6, 6.07) is 5.30. The highest BCUT2D eigenvalue weighted by atomic mass is 32.2. The molecule has 1 aliphatic rings. The molecule has 0 aromatic heterocycles. The van der Waals surface area contributed by atoms with E-state index in [1.807, 2.05) is 0 Å². The second-order valence-corrected chi connectivity index (χ2v) is 5.30. The van der Waals surface area contributed by atoms with Gasteiger partial charge in [0.1, 0.15) is 12.0 Å². The predicted molar refractivity (Wildman–Crippen MR) is 61.0 cm³/mol. The van der Waals surface area contributed by atoms with Gasteiger partial charge in [-0.15, -0.1) is 0 Å². The Kier molecular flexibility index (Phi) is 4.23. The summed E-state index contributed by atoms with van der Waals surface area (Å²) in [5.74, 6) is -0.382. The van der Waals surface area contributed by atoms with E-state index in [2.05, 4.69) is 0 Å². The van der Waals surface area contributed by atoms with Gasteiger partial charge in [0.25, 0.3) is 0 Å². The van der Waals surface area contributed by atoms with Crippen molar-refractivity contribution in [2.24, 2.45) is 0 Å². The summed E-state index contributed by atoms with van der Waals surface area (Å²) in [6.07, 6.45) is 1.18. The van der Waals surface area contributed by atoms with E-state index in [-0.39, 0.29) is 11.9 Å². The van der Waals surface area contributed by atoms with Gasteiger partial charge in [0.15, 0.2) is 11.1 Å². The molecule has 94 valence electrons. The number of rotatable bonds is 3. The molecule has 0 N–H and O–H groups in total. The van der Waals surface area contributed by atoms with Gasteiger partial charge in [0.05, 0.1) is 11.0 Å². The van der Waals surface area contributed by atoms with Gasteiger partial charge in [-0.3, -0.25) is 4.18 Å². The zero-order valence-electron chi connectivity index (χ0n) is 9.27. The van der Waals surface area contributed by atoms with E-state index in [9.17, 15) is 13.0 Å². The Hall–Kier alpha value is -0.810. The van der Waals surface area contributed by atoms with Crippen molar-refractivity contribution < 1.29 is 17.2 Å². The van der Waals surface area contributed by atoms with Crippen LogP contribution in [0.15, 0.2) is 29.2 Å². The minimum atomic E-state index is -1.64. The van der Waals surface area contributed by atoms with Crippen molar-refractivity contribution in [1.29, 1.82) is 0 Å². The molecule has 5 heteroatoms. The first-order valence-electron chi connectivity index (χ1n) is 5.63. The Labute approximate surface area is 102 Å². The van der Waals surface area contributed by atoms with Crippen LogP contribution < -0.4 is 0 Å². The van der Waals surface area contributed by atoms with Crippen LogP contribution in [0.5, 0.6) is 0 Å². The molecule has 0 spiro atoms. The lowest BCUT2D eigenvalue weighted by Crippen LogP contribution is -2.24. The van der Waals surface area contributed by atoms with Gasteiger partial charge in [-0.1, -0.05) is 0 Å². The third kappa shape index (κ3) is 3.57. The average Bonchev–Trinajstić information content (AvgIpc) is 2.29. The summed E-state index contributed by atoms with van der Waals surface area (Å²) >= 11 is -1.64. The summed E-state index contributed by atoms with van der Waals surface area (Å²) in [4.78, 5) is 0.410. The molecule has 1 aromatic rings. The molecule has 17 heavy (non-hydrogen) atoms. The van der Waals surface area contributed by atoms with Crippen LogP contribution in [0.1, 0.15) is 25.7 Å². The number of benzene rings is 1. The molecule has 0 amide bonds. The summed E-state index contributed by atoms with van der Waals surface area (Å²) in [5.41, 5.74) is 0. The molecule has 2 nitrogen and oxygen atoms in total. The van der Waals surface area contributed by atoms with E-state index >= 15 is 0 Å². The third-order valence-electron chi connectivity index (χ3n) is 2.79. The molecule has 3 unspecified atom stereocenters. The monoisotopic (exact) mass is 260 g/mol. The van der Waals surface area contributed by atoms with Gasteiger partial charge >= 0.3 is 0 Å². The fourth-order valence-electron chi connectivity index (χ4n) is 1.90. The van der Waals surface area contributed by atoms with Crippen molar-refractivity contribution in [2.45, 2.75) is 42.9 Å². The first-order valence-corrected chi connectivity index (χ1v) is 6.71. The summed E-state index contributed by atoms with van der Waals surface area (Å²) in [5, 5.41) is 0. The lowest BCUT2D eigenvalue weighted by atomic mass is 9.96. The Bertz CT molecular complexity index is 394. The number of hydrogen-bond acceptors (Lipinski definition) is 2. The predicted octanol–water partition coefficient (Wildman–Crippen LogP) is 3.15. The number of alkyl halides is 1. The maximum absolute atomic E-state index is 13.1. The van der Waals surface area contributed by atoms with Crippen molar-refractivity contribution in [3.8, 4) is 0 Å². The zero-order chi connectivity index (χ0) is 12.3. The van der Waals surface area contributed by atoms with Gasteiger partial charge in [-0.25, -0.2) is 13.0 Å². The van der Waals surface area contributed by atoms with Crippen LogP contribution >= 0.6 is 0 Å². The SMILES string of the molecule is O=S(OC1CCCC(F)C1)c1ccc(F)cc1. The second kappa shape index (κ2) is 5.69. The van der Waals surface area contributed by atoms with Gasteiger partial charge in [-0.2, -0.15) is 0 Å². The Morgan fingerprint density at radius 2 is 1.94 bits per heavy atom. The van der Waals surface area contributed by atoms with E-state index in [0.29, 0.717) is 17.7 Å². The maximum atomic E-state index is 13.1. The molecule has 0 bridgehead atoms. The largest absolute Gasteiger partial charge is 0.283 e. The normalized spacial score (nSPS) is 26.7. The van der Waals surface area contributed by atoms with E-state index in [1.54, 1.807) is 0 Å². The average molecular weight is 260 g/mol. The molecule has 1 fully saturated rings. The van der Waals surface area contributed by atoms with Crippen LogP contribution in [0, 0.1) is 5.82 Å². The molecule has 0 radical (unpaired) electrons. The molecular weight excluding hydrogens is 246 g/mol. The van der Waals surface area contributed by atoms with E-state index in [4.69, 9.17) is 4.18 Å². The van der Waals surface area contributed by atoms with E-state index < -0.39 is 17.3 Å². The van der Waals surface area contributed by atoms with Crippen LogP contribution in [0.3, 0.4) is 0 Å². The number of halogens is 2. The zero-order valence-corrected chi connectivity index (χ0v) is 10.1. The molecule has 0 aliphatic heterocycles. The molecule has 1 aromatic carbocycles. The van der Waals surface area contributed by atoms with E-state index in [0.717, 1.165) is 12.8 Å². The van der Waals surface area contributed by atoms with Crippen molar-refractivity contribution in [3.63, 3.8) is 0 Å². The molecule has 1 saturated carbocycles. The first-order chi connectivity index (χ1) is 8.15. The highest BCUT2D eigenvalue weighted by Crippen LogP contribution is 2.25. The van der Waals surface area contributed by atoms with Crippen LogP contribution in [0.4, 0.5) is 8.78 Å². The van der Waals surface area contributed by atoms with Gasteiger partial charge < -0.3 is 0 Å². The lowest BCUT2D eigenvalue weighted by Gasteiger charge is -2.23. The second-order valence-electron chi connectivity index (χ2n) is 4.17. The third-order valence-corrected chi connectivity index (χ3v) is 3.90. The molecule has 1 aliphatic carbocycles. The van der Waals surface area contributed by atoms with Crippen LogP contribution in [-0.4, -0.2) is 16.5 Å². The van der Waals surface area contributed by atoms with Gasteiger partial charge in [0.2, 0.25) is 0 Å². The molecule has 2 rings (SSSR count). The first kappa shape index (κ1) is 12.6. The fraction of sp³-hybridized carbons (Fsp3) is 0.500. The Balaban J connectivity index is 1.94. The highest BCUT2D eigenvalue weighted by Gasteiger charge is 2.24. The minimum absolute atomic E-state index is 0.299. The molecule has 0 saturated heterocycles. The molecular formula is C12H14F2O2S. The van der Waals surface area contributed by atoms with Gasteiger partial charge in [0, 0.05) is 6.42 Å². The van der Waals surface area contributed by atoms with Crippen LogP contribution in [0.25, 0.3) is 0 Å². The van der Waals surface area contributed by atoms with Crippen molar-refractivity contribution in [1.82, 2.24) is 0 Å². The Morgan fingerprint density at radius 1 is 1.24 bits per heavy atom. The summed E-state index contributed by atoms with van der Waals surface area (Å²) in [7, 11) is 0. The van der Waals surface area contributed by atoms with Crippen molar-refractivity contribution >= 4 is 11.1 Å².